The number of aliphatic imine (C=N–C) groups is 1. The highest BCUT2D eigenvalue weighted by molar-refractivity contribution is 7.26. The minimum Gasteiger partial charge on any atom is -0.369 e. The van der Waals surface area contributed by atoms with E-state index in [1.807, 2.05) is 35.6 Å². The summed E-state index contributed by atoms with van der Waals surface area (Å²) in [6, 6.07) is 62.9. The Hall–Kier alpha value is -7.01. The molecule has 2 aromatic heterocycles. The Morgan fingerprint density at radius 1 is 0.569 bits per heavy atom. The van der Waals surface area contributed by atoms with Gasteiger partial charge in [-0.2, -0.15) is 0 Å². The van der Waals surface area contributed by atoms with E-state index >= 15 is 0 Å². The van der Waals surface area contributed by atoms with Crippen molar-refractivity contribution in [2.45, 2.75) is 19.3 Å². The van der Waals surface area contributed by atoms with Gasteiger partial charge in [0, 0.05) is 41.9 Å². The molecule has 0 amide bonds. The van der Waals surface area contributed by atoms with Crippen LogP contribution in [0.1, 0.15) is 36.1 Å². The summed E-state index contributed by atoms with van der Waals surface area (Å²) in [5.74, 6) is 0.407. The molecule has 0 atom stereocenters. The smallest absolute Gasteiger partial charge is 0.205 e. The Labute approximate surface area is 341 Å². The van der Waals surface area contributed by atoms with Crippen molar-refractivity contribution in [2.75, 3.05) is 0 Å². The molecule has 0 saturated heterocycles. The van der Waals surface area contributed by atoms with Crippen LogP contribution in [0.25, 0.3) is 80.9 Å². The summed E-state index contributed by atoms with van der Waals surface area (Å²) in [5.41, 5.74) is 23.0. The first-order valence-corrected chi connectivity index (χ1v) is 20.6. The Morgan fingerprint density at radius 2 is 1.22 bits per heavy atom. The van der Waals surface area contributed by atoms with Crippen LogP contribution in [0, 0.1) is 0 Å². The van der Waals surface area contributed by atoms with Gasteiger partial charge in [-0.15, -0.1) is 11.3 Å². The fraction of sp³-hybridized carbons (Fsp3) is 0.0556. The van der Waals surface area contributed by atoms with E-state index in [1.54, 1.807) is 0 Å². The molecule has 0 bridgehead atoms. The van der Waals surface area contributed by atoms with E-state index in [0.29, 0.717) is 5.96 Å². The predicted molar refractivity (Wildman–Crippen MR) is 248 cm³/mol. The van der Waals surface area contributed by atoms with Crippen molar-refractivity contribution in [3.05, 3.63) is 205 Å². The first-order chi connectivity index (χ1) is 28.3. The van der Waals surface area contributed by atoms with Crippen LogP contribution in [0.3, 0.4) is 0 Å². The van der Waals surface area contributed by atoms with Gasteiger partial charge in [0.05, 0.1) is 16.7 Å². The molecule has 0 spiro atoms. The number of nitrogens with two attached hydrogens (primary N) is 1. The molecule has 58 heavy (non-hydrogen) atoms. The topological polar surface area (TPSA) is 43.3 Å². The summed E-state index contributed by atoms with van der Waals surface area (Å²) < 4.78 is 4.66. The van der Waals surface area contributed by atoms with Gasteiger partial charge >= 0.3 is 0 Å². The van der Waals surface area contributed by atoms with E-state index in [-0.39, 0.29) is 5.41 Å². The minimum absolute atomic E-state index is 0.0382. The highest BCUT2D eigenvalue weighted by Gasteiger charge is 2.35. The molecule has 11 rings (SSSR count). The second-order valence-electron chi connectivity index (χ2n) is 15.8. The number of aromatic nitrogens is 1. The summed E-state index contributed by atoms with van der Waals surface area (Å²) >= 11 is 1.84. The van der Waals surface area contributed by atoms with E-state index in [1.165, 1.54) is 70.1 Å². The quantitative estimate of drug-likeness (QED) is 0.138. The molecule has 4 heteroatoms. The predicted octanol–water partition coefficient (Wildman–Crippen LogP) is 14.4. The van der Waals surface area contributed by atoms with Crippen molar-refractivity contribution >= 4 is 70.5 Å². The number of para-hydroxylation sites is 1. The van der Waals surface area contributed by atoms with E-state index in [9.17, 15) is 0 Å². The van der Waals surface area contributed by atoms with Crippen molar-refractivity contribution in [2.24, 2.45) is 10.7 Å². The maximum Gasteiger partial charge on any atom is 0.205 e. The number of thiophene rings is 1. The lowest BCUT2D eigenvalue weighted by Gasteiger charge is -2.21. The fourth-order valence-electron chi connectivity index (χ4n) is 9.26. The first kappa shape index (κ1) is 34.3. The van der Waals surface area contributed by atoms with Crippen LogP contribution in [-0.2, 0) is 5.41 Å². The molecule has 10 aromatic rings. The Bertz CT molecular complexity index is 3320. The third-order valence-electron chi connectivity index (χ3n) is 12.2. The number of nitrogens with zero attached hydrogens (tertiary/aromatic N) is 2. The monoisotopic (exact) mass is 761 g/mol. The van der Waals surface area contributed by atoms with Gasteiger partial charge < -0.3 is 5.73 Å². The lowest BCUT2D eigenvalue weighted by molar-refractivity contribution is 0.660. The zero-order valence-corrected chi connectivity index (χ0v) is 33.1. The third kappa shape index (κ3) is 5.22. The van der Waals surface area contributed by atoms with Crippen LogP contribution in [-0.4, -0.2) is 10.5 Å². The molecular weight excluding hydrogens is 723 g/mol. The van der Waals surface area contributed by atoms with Crippen molar-refractivity contribution in [1.82, 2.24) is 4.57 Å². The zero-order valence-electron chi connectivity index (χ0n) is 32.3. The summed E-state index contributed by atoms with van der Waals surface area (Å²) in [5, 5.41) is 4.87. The molecule has 0 saturated carbocycles. The Kier molecular flexibility index (Phi) is 7.69. The maximum absolute atomic E-state index is 7.18. The van der Waals surface area contributed by atoms with E-state index < -0.39 is 0 Å². The summed E-state index contributed by atoms with van der Waals surface area (Å²) in [6.45, 7) is 9.21. The standard InChI is InChI=1S/C54H39N3S/c1-33(34-21-23-36(24-22-34)35-13-5-4-6-14-35)39-15-8-11-19-47(39)56-53(55)57-48-29-26-38(37-25-28-46-43(31-37)40-16-7-10-18-45(40)54(46,2)3)32-44(48)51-49(57)30-27-42-41-17-9-12-20-50(41)58-52(42)51/h4-32H,1H2,2-3H3,(H2,55,56). The SMILES string of the molecule is C=C(c1ccc(-c2ccccc2)cc1)c1ccccc1N=C(N)n1c2ccc(-c3ccc4c(c3)-c3ccccc3C4(C)C)cc2c2c3sc4ccccc4c3ccc21. The third-order valence-corrected chi connectivity index (χ3v) is 13.4. The molecule has 1 aliphatic rings. The Balaban J connectivity index is 1.06. The average molecular weight is 762 g/mol. The van der Waals surface area contributed by atoms with Crippen LogP contribution in [0.4, 0.5) is 5.69 Å². The molecule has 2 N–H and O–H groups in total. The maximum atomic E-state index is 7.18. The lowest BCUT2D eigenvalue weighted by atomic mass is 9.82. The van der Waals surface area contributed by atoms with Crippen LogP contribution >= 0.6 is 11.3 Å². The van der Waals surface area contributed by atoms with Gasteiger partial charge in [-0.1, -0.05) is 160 Å². The largest absolute Gasteiger partial charge is 0.369 e. The van der Waals surface area contributed by atoms with Crippen LogP contribution in [0.15, 0.2) is 187 Å². The number of rotatable bonds is 5. The second-order valence-corrected chi connectivity index (χ2v) is 16.9. The van der Waals surface area contributed by atoms with Crippen molar-refractivity contribution < 1.29 is 0 Å². The van der Waals surface area contributed by atoms with Crippen molar-refractivity contribution in [3.63, 3.8) is 0 Å². The van der Waals surface area contributed by atoms with Crippen LogP contribution in [0.5, 0.6) is 0 Å². The van der Waals surface area contributed by atoms with E-state index in [2.05, 4.69) is 177 Å². The van der Waals surface area contributed by atoms with Gasteiger partial charge in [0.1, 0.15) is 0 Å². The molecule has 3 nitrogen and oxygen atoms in total. The molecule has 1 aliphatic carbocycles. The number of fused-ring (bicyclic) bond motifs is 10. The van der Waals surface area contributed by atoms with Crippen molar-refractivity contribution in [3.8, 4) is 33.4 Å². The molecular formula is C54H39N3S. The number of benzene rings is 8. The summed E-state index contributed by atoms with van der Waals surface area (Å²) in [6.07, 6.45) is 0. The molecule has 0 radical (unpaired) electrons. The molecule has 8 aromatic carbocycles. The van der Waals surface area contributed by atoms with Gasteiger partial charge in [0.25, 0.3) is 0 Å². The van der Waals surface area contributed by atoms with Gasteiger partial charge in [0.15, 0.2) is 0 Å². The summed E-state index contributed by atoms with van der Waals surface area (Å²) in [7, 11) is 0. The highest BCUT2D eigenvalue weighted by Crippen LogP contribution is 2.50. The van der Waals surface area contributed by atoms with Gasteiger partial charge in [-0.3, -0.25) is 4.57 Å². The fourth-order valence-corrected chi connectivity index (χ4v) is 10.5. The average Bonchev–Trinajstić information content (AvgIpc) is 3.89. The lowest BCUT2D eigenvalue weighted by Crippen LogP contribution is -2.21. The first-order valence-electron chi connectivity index (χ1n) is 19.8. The second kappa shape index (κ2) is 13.0. The van der Waals surface area contributed by atoms with Gasteiger partial charge in [-0.25, -0.2) is 4.99 Å². The van der Waals surface area contributed by atoms with Crippen LogP contribution in [0.2, 0.25) is 0 Å². The van der Waals surface area contributed by atoms with Crippen molar-refractivity contribution in [1.29, 1.82) is 0 Å². The van der Waals surface area contributed by atoms with Gasteiger partial charge in [-0.05, 0) is 92.0 Å². The minimum atomic E-state index is -0.0382. The van der Waals surface area contributed by atoms with E-state index in [4.69, 9.17) is 10.7 Å². The highest BCUT2D eigenvalue weighted by atomic mass is 32.1. The molecule has 0 aliphatic heterocycles. The van der Waals surface area contributed by atoms with E-state index in [0.717, 1.165) is 38.8 Å². The number of hydrogen-bond donors (Lipinski definition) is 1. The number of hydrogen-bond acceptors (Lipinski definition) is 2. The van der Waals surface area contributed by atoms with Gasteiger partial charge in [0.2, 0.25) is 5.96 Å². The molecule has 276 valence electrons. The Morgan fingerprint density at radius 3 is 2.09 bits per heavy atom. The summed E-state index contributed by atoms with van der Waals surface area (Å²) in [4.78, 5) is 5.19. The van der Waals surface area contributed by atoms with Crippen LogP contribution < -0.4 is 5.73 Å². The molecule has 0 unspecified atom stereocenters. The zero-order chi connectivity index (χ0) is 39.1. The normalized spacial score (nSPS) is 13.4. The molecule has 2 heterocycles. The molecule has 0 fully saturated rings.